The molecule has 1 aromatic carbocycles. The van der Waals surface area contributed by atoms with Crippen LogP contribution in [0.15, 0.2) is 176 Å². The van der Waals surface area contributed by atoms with E-state index >= 15 is 0 Å². The van der Waals surface area contributed by atoms with Crippen LogP contribution in [0.2, 0.25) is 5.15 Å². The van der Waals surface area contributed by atoms with Gasteiger partial charge in [-0.1, -0.05) is 257 Å². The smallest absolute Gasteiger partial charge is 0.269 e. The van der Waals surface area contributed by atoms with Gasteiger partial charge in [0.2, 0.25) is 5.88 Å². The SMILES string of the molecule is CC(C)(C)c1cccc(-c2ccccc2)n1.CC(C)(C)c1cccc(CO)n1.CC(C)(C)c1cccc(Cl)n1.CCNC(=O)c1cccc(C(C)(C)C)n1.CCOc1cccc(C(C)(C)C)n1.CCc1cccc(C(C)(C)C)n1.Cc1cccc(C(C)(C)C)n1.Cc1ccnc(C(C)(C)C)c1. The van der Waals surface area contributed by atoms with Gasteiger partial charge < -0.3 is 15.2 Å². The summed E-state index contributed by atoms with van der Waals surface area (Å²) in [6.45, 7) is 62.9. The molecule has 0 atom stereocenters. The summed E-state index contributed by atoms with van der Waals surface area (Å²) in [6.07, 6.45) is 2.89. The largest absolute Gasteiger partial charge is 0.478 e. The lowest BCUT2D eigenvalue weighted by molar-refractivity contribution is 0.0950. The third kappa shape index (κ3) is 34.9. The molecule has 1 amide bonds. The van der Waals surface area contributed by atoms with Crippen molar-refractivity contribution in [3.8, 4) is 17.1 Å². The molecule has 0 saturated heterocycles. The molecule has 0 radical (unpaired) electrons. The monoisotopic (exact) mass is 1390 g/mol. The zero-order valence-electron chi connectivity index (χ0n) is 67.3. The molecule has 13 heteroatoms. The maximum atomic E-state index is 11.6. The summed E-state index contributed by atoms with van der Waals surface area (Å²) < 4.78 is 5.33. The number of hydrogen-bond acceptors (Lipinski definition) is 11. The number of pyridine rings is 8. The van der Waals surface area contributed by atoms with Crippen LogP contribution in [0.25, 0.3) is 11.3 Å². The first-order valence-electron chi connectivity index (χ1n) is 35.6. The Bertz CT molecular complexity index is 3680. The number of rotatable bonds is 7. The highest BCUT2D eigenvalue weighted by molar-refractivity contribution is 6.29. The Morgan fingerprint density at radius 1 is 0.406 bits per heavy atom. The molecule has 0 spiro atoms. The summed E-state index contributed by atoms with van der Waals surface area (Å²) in [7, 11) is 0. The minimum atomic E-state index is -0.108. The topological polar surface area (TPSA) is 162 Å². The molecule has 0 aliphatic heterocycles. The van der Waals surface area contributed by atoms with Crippen LogP contribution in [0.1, 0.15) is 266 Å². The highest BCUT2D eigenvalue weighted by Gasteiger charge is 2.21. The van der Waals surface area contributed by atoms with Crippen molar-refractivity contribution in [2.45, 2.75) is 257 Å². The molecule has 2 N–H and O–H groups in total. The van der Waals surface area contributed by atoms with Gasteiger partial charge in [0, 0.05) is 125 Å². The number of carbonyl (C=O) groups is 1. The lowest BCUT2D eigenvalue weighted by atomic mass is 9.91. The number of aliphatic hydroxyl groups is 1. The molecule has 0 unspecified atom stereocenters. The number of aryl methyl sites for hydroxylation is 3. The number of aromatic nitrogens is 8. The van der Waals surface area contributed by atoms with Gasteiger partial charge in [0.05, 0.1) is 24.6 Å². The highest BCUT2D eigenvalue weighted by Crippen LogP contribution is 2.28. The molecule has 12 nitrogen and oxygen atoms in total. The quantitative estimate of drug-likeness (QED) is 0.146. The summed E-state index contributed by atoms with van der Waals surface area (Å²) in [4.78, 5) is 46.9. The Morgan fingerprint density at radius 2 is 0.802 bits per heavy atom. The maximum Gasteiger partial charge on any atom is 0.269 e. The third-order valence-corrected chi connectivity index (χ3v) is 15.2. The van der Waals surface area contributed by atoms with E-state index in [1.54, 1.807) is 12.1 Å². The summed E-state index contributed by atoms with van der Waals surface area (Å²) in [6, 6.07) is 56.0. The van der Waals surface area contributed by atoms with E-state index in [0.717, 1.165) is 69.2 Å². The molecule has 0 aliphatic carbocycles. The molecule has 8 heterocycles. The van der Waals surface area contributed by atoms with E-state index in [1.807, 2.05) is 118 Å². The summed E-state index contributed by atoms with van der Waals surface area (Å²) >= 11 is 5.74. The van der Waals surface area contributed by atoms with E-state index in [2.05, 4.69) is 287 Å². The standard InChI is InChI=1S/C15H17N.C12H18N2O.C11H17NO.C11H17N.C10H15NO.2C10H15N.C9H12ClN/c1-15(2,3)14-11-7-10-13(16-14)12-8-5-4-6-9-12;1-5-13-11(15)9-7-6-8-10(14-9)12(2,3)4;1-5-13-10-8-6-7-9(12-10)11(2,3)4;1-5-9-7-6-8-10(12-9)11(2,3)4;1-10(2,3)9-6-4-5-8(7-12)11-9;1-8-5-6-11-9(7-8)10(2,3)4;1-8-6-5-7-9(11-8)10(2,3)4;1-9(2,3)7-5-4-6-8(10)11-7/h4-11H,1-3H3;6-8H,5H2,1-4H3,(H,13,15);6-8H,5H2,1-4H3;6-8H,5H2,1-4H3;4-6,12H,7H2,1-3H3;2*5-7H,1-4H3;4-6H,1-3H3. The molecule has 0 aliphatic rings. The van der Waals surface area contributed by atoms with Gasteiger partial charge >= 0.3 is 0 Å². The minimum Gasteiger partial charge on any atom is -0.478 e. The normalized spacial score (nSPS) is 11.5. The van der Waals surface area contributed by atoms with Gasteiger partial charge in [0.25, 0.3) is 5.91 Å². The van der Waals surface area contributed by atoms with Gasteiger partial charge in [-0.3, -0.25) is 29.7 Å². The molecule has 0 bridgehead atoms. The first kappa shape index (κ1) is 89.0. The van der Waals surface area contributed by atoms with E-state index in [4.69, 9.17) is 26.4 Å². The fourth-order valence-electron chi connectivity index (χ4n) is 8.73. The Hall–Kier alpha value is -8.06. The molecule has 9 rings (SSSR count). The predicted octanol–water partition coefficient (Wildman–Crippen LogP) is 22.2. The minimum absolute atomic E-state index is 0.0178. The molecule has 0 fully saturated rings. The second-order valence-corrected chi connectivity index (χ2v) is 33.5. The molecule has 0 saturated carbocycles. The molecule has 8 aromatic heterocycles. The zero-order chi connectivity index (χ0) is 76.8. The molecule has 101 heavy (non-hydrogen) atoms. The Balaban J connectivity index is 0.000000394. The lowest BCUT2D eigenvalue weighted by Gasteiger charge is -2.18. The van der Waals surface area contributed by atoms with Crippen molar-refractivity contribution in [2.75, 3.05) is 13.2 Å². The van der Waals surface area contributed by atoms with Gasteiger partial charge in [0.15, 0.2) is 0 Å². The number of nitrogens with one attached hydrogen (secondary N) is 1. The van der Waals surface area contributed by atoms with Crippen molar-refractivity contribution in [2.24, 2.45) is 0 Å². The van der Waals surface area contributed by atoms with Crippen molar-refractivity contribution >= 4 is 17.5 Å². The second-order valence-electron chi connectivity index (χ2n) is 33.1. The van der Waals surface area contributed by atoms with E-state index in [1.165, 1.54) is 22.5 Å². The fourth-order valence-corrected chi connectivity index (χ4v) is 8.89. The van der Waals surface area contributed by atoms with E-state index in [0.29, 0.717) is 24.0 Å². The summed E-state index contributed by atoms with van der Waals surface area (Å²) in [5, 5.41) is 12.2. The lowest BCUT2D eigenvalue weighted by Crippen LogP contribution is -2.25. The Labute approximate surface area is 616 Å². The molecule has 548 valence electrons. The van der Waals surface area contributed by atoms with Crippen LogP contribution in [0.3, 0.4) is 0 Å². The number of halogens is 1. The number of benzene rings is 1. The van der Waals surface area contributed by atoms with Crippen molar-refractivity contribution in [1.82, 2.24) is 45.2 Å². The van der Waals surface area contributed by atoms with Gasteiger partial charge in [-0.05, 0) is 131 Å². The first-order valence-corrected chi connectivity index (χ1v) is 35.9. The van der Waals surface area contributed by atoms with Crippen molar-refractivity contribution in [3.63, 3.8) is 0 Å². The Kier molecular flexibility index (Phi) is 35.7. The summed E-state index contributed by atoms with van der Waals surface area (Å²) in [5.41, 5.74) is 16.5. The third-order valence-electron chi connectivity index (χ3n) is 15.0. The highest BCUT2D eigenvalue weighted by atomic mass is 35.5. The van der Waals surface area contributed by atoms with Crippen molar-refractivity contribution in [1.29, 1.82) is 0 Å². The zero-order valence-corrected chi connectivity index (χ0v) is 68.0. The van der Waals surface area contributed by atoms with E-state index in [-0.39, 0.29) is 55.8 Å². The Morgan fingerprint density at radius 3 is 1.21 bits per heavy atom. The average molecular weight is 1390 g/mol. The van der Waals surface area contributed by atoms with Crippen molar-refractivity contribution in [3.05, 3.63) is 255 Å². The number of nitrogens with zero attached hydrogens (tertiary/aromatic N) is 8. The fraction of sp³-hybridized carbons (Fsp3) is 0.466. The molecular formula is C88H126ClN9O3. The van der Waals surface area contributed by atoms with Crippen LogP contribution in [0, 0.1) is 13.8 Å². The molecule has 9 aromatic rings. The van der Waals surface area contributed by atoms with Crippen molar-refractivity contribution < 1.29 is 14.6 Å². The number of amides is 1. The van der Waals surface area contributed by atoms with Crippen LogP contribution in [-0.4, -0.2) is 64.0 Å². The van der Waals surface area contributed by atoms with E-state index in [9.17, 15) is 4.79 Å². The molecular weight excluding hydrogens is 1270 g/mol. The van der Waals surface area contributed by atoms with Gasteiger partial charge in [0.1, 0.15) is 10.8 Å². The van der Waals surface area contributed by atoms with Crippen LogP contribution in [0.4, 0.5) is 0 Å². The average Bonchev–Trinajstić information content (AvgIpc) is 0.855. The first-order chi connectivity index (χ1) is 46.6. The van der Waals surface area contributed by atoms with Crippen LogP contribution in [-0.2, 0) is 56.3 Å². The predicted molar refractivity (Wildman–Crippen MR) is 428 cm³/mol. The number of hydrogen-bond donors (Lipinski definition) is 2. The second kappa shape index (κ2) is 40.5. The van der Waals surface area contributed by atoms with Crippen LogP contribution in [0.5, 0.6) is 5.88 Å². The van der Waals surface area contributed by atoms with Gasteiger partial charge in [-0.25, -0.2) is 15.0 Å². The maximum absolute atomic E-state index is 11.6. The van der Waals surface area contributed by atoms with Crippen LogP contribution < -0.4 is 10.1 Å². The van der Waals surface area contributed by atoms with E-state index < -0.39 is 0 Å². The number of aliphatic hydroxyl groups excluding tert-OH is 1. The number of ether oxygens (including phenoxy) is 1. The van der Waals surface area contributed by atoms with Gasteiger partial charge in [-0.15, -0.1) is 0 Å². The van der Waals surface area contributed by atoms with Gasteiger partial charge in [-0.2, -0.15) is 0 Å². The van der Waals surface area contributed by atoms with Crippen LogP contribution >= 0.6 is 11.6 Å². The number of carbonyl (C=O) groups excluding carboxylic acids is 1. The summed E-state index contributed by atoms with van der Waals surface area (Å²) in [5.74, 6) is 0.610.